The molecule has 9 heteroatoms. The normalized spacial score (nSPS) is 11.1. The van der Waals surface area contributed by atoms with Gasteiger partial charge >= 0.3 is 0 Å². The van der Waals surface area contributed by atoms with E-state index in [1.54, 1.807) is 6.21 Å². The summed E-state index contributed by atoms with van der Waals surface area (Å²) in [5.41, 5.74) is 5.29. The number of aromatic nitrogens is 3. The zero-order valence-electron chi connectivity index (χ0n) is 16.7. The van der Waals surface area contributed by atoms with Crippen LogP contribution in [-0.2, 0) is 4.79 Å². The van der Waals surface area contributed by atoms with E-state index in [4.69, 9.17) is 0 Å². The summed E-state index contributed by atoms with van der Waals surface area (Å²) in [5, 5.41) is 13.4. The third-order valence-electron chi connectivity index (χ3n) is 4.38. The number of halogens is 2. The molecule has 160 valence electrons. The van der Waals surface area contributed by atoms with Crippen molar-refractivity contribution < 1.29 is 4.79 Å². The highest BCUT2D eigenvalue weighted by Gasteiger charge is 2.17. The molecule has 1 heterocycles. The van der Waals surface area contributed by atoms with Crippen molar-refractivity contribution in [3.8, 4) is 17.1 Å². The Balaban J connectivity index is 1.50. The van der Waals surface area contributed by atoms with Gasteiger partial charge in [-0.3, -0.25) is 9.36 Å². The number of para-hydroxylation sites is 1. The van der Waals surface area contributed by atoms with Crippen molar-refractivity contribution in [1.82, 2.24) is 20.2 Å². The van der Waals surface area contributed by atoms with E-state index >= 15 is 0 Å². The smallest absolute Gasteiger partial charge is 0.250 e. The molecule has 6 nitrogen and oxygen atoms in total. The van der Waals surface area contributed by atoms with Crippen molar-refractivity contribution in [3.63, 3.8) is 0 Å². The molecule has 0 aliphatic rings. The van der Waals surface area contributed by atoms with Gasteiger partial charge in [0.2, 0.25) is 0 Å². The Bertz CT molecular complexity index is 1240. The molecule has 0 unspecified atom stereocenters. The molecule has 1 N–H and O–H groups in total. The van der Waals surface area contributed by atoms with E-state index in [0.29, 0.717) is 11.0 Å². The number of amides is 1. The summed E-state index contributed by atoms with van der Waals surface area (Å²) >= 11 is 8.22. The number of thioether (sulfide) groups is 1. The van der Waals surface area contributed by atoms with E-state index in [1.165, 1.54) is 11.8 Å². The lowest BCUT2D eigenvalue weighted by Gasteiger charge is -2.10. The van der Waals surface area contributed by atoms with Crippen LogP contribution in [0.4, 0.5) is 0 Å². The van der Waals surface area contributed by atoms with Gasteiger partial charge in [0.1, 0.15) is 0 Å². The SMILES string of the molecule is O=C(CSc1nnc(-c2ccc(Br)cc2)n1-c1ccccc1)NN=Cc1ccccc1Br. The Morgan fingerprint density at radius 3 is 2.44 bits per heavy atom. The van der Waals surface area contributed by atoms with E-state index in [1.807, 2.05) is 83.4 Å². The molecule has 3 aromatic carbocycles. The Morgan fingerprint density at radius 2 is 1.69 bits per heavy atom. The van der Waals surface area contributed by atoms with Crippen LogP contribution in [0.1, 0.15) is 5.56 Å². The standard InChI is InChI=1S/C23H17Br2N5OS/c24-18-12-10-16(11-13-18)22-28-29-23(30(22)19-7-2-1-3-8-19)32-15-21(31)27-26-14-17-6-4-5-9-20(17)25/h1-14H,15H2,(H,27,31). The summed E-state index contributed by atoms with van der Waals surface area (Å²) in [5.74, 6) is 0.628. The zero-order valence-corrected chi connectivity index (χ0v) is 20.6. The maximum absolute atomic E-state index is 12.3. The van der Waals surface area contributed by atoms with Gasteiger partial charge in [-0.1, -0.05) is 92.2 Å². The molecule has 0 bridgehead atoms. The molecular formula is C23H17Br2N5OS. The van der Waals surface area contributed by atoms with E-state index in [-0.39, 0.29) is 11.7 Å². The van der Waals surface area contributed by atoms with Crippen LogP contribution in [0.25, 0.3) is 17.1 Å². The highest BCUT2D eigenvalue weighted by molar-refractivity contribution is 9.10. The van der Waals surface area contributed by atoms with Crippen molar-refractivity contribution in [2.45, 2.75) is 5.16 Å². The van der Waals surface area contributed by atoms with Gasteiger partial charge in [0.15, 0.2) is 11.0 Å². The van der Waals surface area contributed by atoms with Gasteiger partial charge in [0.25, 0.3) is 5.91 Å². The third-order valence-corrected chi connectivity index (χ3v) is 6.56. The summed E-state index contributed by atoms with van der Waals surface area (Å²) in [6.45, 7) is 0. The molecule has 0 fully saturated rings. The lowest BCUT2D eigenvalue weighted by atomic mass is 10.2. The molecular weight excluding hydrogens is 554 g/mol. The van der Waals surface area contributed by atoms with Crippen LogP contribution >= 0.6 is 43.6 Å². The average molecular weight is 571 g/mol. The van der Waals surface area contributed by atoms with Gasteiger partial charge < -0.3 is 0 Å². The predicted octanol–water partition coefficient (Wildman–Crippen LogP) is 5.70. The molecule has 0 radical (unpaired) electrons. The second-order valence-corrected chi connectivity index (χ2v) is 9.30. The molecule has 0 spiro atoms. The quantitative estimate of drug-likeness (QED) is 0.176. The van der Waals surface area contributed by atoms with Gasteiger partial charge in [-0.15, -0.1) is 10.2 Å². The van der Waals surface area contributed by atoms with Crippen LogP contribution in [0, 0.1) is 0 Å². The van der Waals surface area contributed by atoms with Crippen LogP contribution in [0.5, 0.6) is 0 Å². The lowest BCUT2D eigenvalue weighted by Crippen LogP contribution is -2.20. The minimum atomic E-state index is -0.230. The number of hydrogen-bond donors (Lipinski definition) is 1. The van der Waals surface area contributed by atoms with Crippen molar-refractivity contribution in [2.75, 3.05) is 5.75 Å². The molecule has 0 atom stereocenters. The van der Waals surface area contributed by atoms with Crippen LogP contribution in [-0.4, -0.2) is 32.6 Å². The summed E-state index contributed by atoms with van der Waals surface area (Å²) in [7, 11) is 0. The van der Waals surface area contributed by atoms with Crippen molar-refractivity contribution in [3.05, 3.63) is 93.4 Å². The number of carbonyl (C=O) groups is 1. The molecule has 0 aliphatic carbocycles. The molecule has 1 aromatic heterocycles. The number of benzene rings is 3. The molecule has 0 saturated heterocycles. The van der Waals surface area contributed by atoms with Crippen molar-refractivity contribution in [2.24, 2.45) is 5.10 Å². The van der Waals surface area contributed by atoms with Crippen molar-refractivity contribution >= 4 is 55.7 Å². The first-order valence-electron chi connectivity index (χ1n) is 9.58. The topological polar surface area (TPSA) is 72.2 Å². The van der Waals surface area contributed by atoms with Crippen LogP contribution in [0.3, 0.4) is 0 Å². The van der Waals surface area contributed by atoms with Crippen molar-refractivity contribution in [1.29, 1.82) is 0 Å². The molecule has 0 aliphatic heterocycles. The number of hydrogen-bond acceptors (Lipinski definition) is 5. The van der Waals surface area contributed by atoms with Gasteiger partial charge in [-0.25, -0.2) is 5.43 Å². The molecule has 1 amide bonds. The Labute approximate surface area is 206 Å². The van der Waals surface area contributed by atoms with E-state index in [9.17, 15) is 4.79 Å². The minimum absolute atomic E-state index is 0.151. The predicted molar refractivity (Wildman–Crippen MR) is 135 cm³/mol. The molecule has 32 heavy (non-hydrogen) atoms. The molecule has 4 rings (SSSR count). The first-order chi connectivity index (χ1) is 15.6. The Kier molecular flexibility index (Phi) is 7.51. The second-order valence-electron chi connectivity index (χ2n) is 6.59. The monoisotopic (exact) mass is 569 g/mol. The second kappa shape index (κ2) is 10.7. The fourth-order valence-electron chi connectivity index (χ4n) is 2.88. The summed E-state index contributed by atoms with van der Waals surface area (Å²) in [6, 6.07) is 25.4. The van der Waals surface area contributed by atoms with Gasteiger partial charge in [-0.2, -0.15) is 5.10 Å². The number of nitrogens with one attached hydrogen (secondary N) is 1. The average Bonchev–Trinajstić information content (AvgIpc) is 3.24. The maximum Gasteiger partial charge on any atom is 0.250 e. The summed E-state index contributed by atoms with van der Waals surface area (Å²) in [4.78, 5) is 12.3. The maximum atomic E-state index is 12.3. The highest BCUT2D eigenvalue weighted by Crippen LogP contribution is 2.28. The fraction of sp³-hybridized carbons (Fsp3) is 0.0435. The Hall–Kier alpha value is -2.75. The van der Waals surface area contributed by atoms with E-state index < -0.39 is 0 Å². The molecule has 0 saturated carbocycles. The highest BCUT2D eigenvalue weighted by atomic mass is 79.9. The van der Waals surface area contributed by atoms with E-state index in [2.05, 4.69) is 52.6 Å². The first kappa shape index (κ1) is 22.4. The number of rotatable bonds is 7. The van der Waals surface area contributed by atoms with Gasteiger partial charge in [-0.05, 0) is 30.3 Å². The minimum Gasteiger partial charge on any atom is -0.272 e. The van der Waals surface area contributed by atoms with E-state index in [0.717, 1.165) is 25.8 Å². The van der Waals surface area contributed by atoms with Crippen LogP contribution in [0.15, 0.2) is 98.1 Å². The fourth-order valence-corrected chi connectivity index (χ4v) is 4.27. The molecule has 4 aromatic rings. The van der Waals surface area contributed by atoms with Gasteiger partial charge in [0, 0.05) is 25.8 Å². The van der Waals surface area contributed by atoms with Crippen LogP contribution in [0.2, 0.25) is 0 Å². The number of carbonyl (C=O) groups excluding carboxylic acids is 1. The first-order valence-corrected chi connectivity index (χ1v) is 12.1. The lowest BCUT2D eigenvalue weighted by molar-refractivity contribution is -0.118. The third kappa shape index (κ3) is 5.53. The number of nitrogens with zero attached hydrogens (tertiary/aromatic N) is 4. The van der Waals surface area contributed by atoms with Crippen LogP contribution < -0.4 is 5.43 Å². The zero-order chi connectivity index (χ0) is 22.3. The summed E-state index contributed by atoms with van der Waals surface area (Å²) in [6.07, 6.45) is 1.60. The number of hydrazone groups is 1. The Morgan fingerprint density at radius 1 is 0.969 bits per heavy atom. The van der Waals surface area contributed by atoms with Gasteiger partial charge in [0.05, 0.1) is 12.0 Å². The summed E-state index contributed by atoms with van der Waals surface area (Å²) < 4.78 is 3.84. The largest absolute Gasteiger partial charge is 0.272 e.